The number of rotatable bonds is 4. The summed E-state index contributed by atoms with van der Waals surface area (Å²) in [6, 6.07) is 9.41. The molecule has 0 aromatic heterocycles. The van der Waals surface area contributed by atoms with E-state index in [9.17, 15) is 4.79 Å². The quantitative estimate of drug-likeness (QED) is 0.430. The number of carbonyl (C=O) groups is 1. The molecule has 80 valence electrons. The lowest BCUT2D eigenvalue weighted by Crippen LogP contribution is -2.01. The van der Waals surface area contributed by atoms with E-state index >= 15 is 0 Å². The fourth-order valence-corrected chi connectivity index (χ4v) is 1.15. The van der Waals surface area contributed by atoms with E-state index < -0.39 is 5.97 Å². The summed E-state index contributed by atoms with van der Waals surface area (Å²) in [4.78, 5) is 11.2. The van der Waals surface area contributed by atoms with Crippen LogP contribution in [0.4, 0.5) is 0 Å². The van der Waals surface area contributed by atoms with Crippen LogP contribution in [0.25, 0.3) is 5.76 Å². The smallest absolute Gasteiger partial charge is 0.334 e. The number of methoxy groups -OCH3 is 1. The summed E-state index contributed by atoms with van der Waals surface area (Å²) in [5.41, 5.74) is 0.855. The Bertz CT molecular complexity index is 341. The van der Waals surface area contributed by atoms with Crippen LogP contribution in [0.15, 0.2) is 36.4 Å². The molecule has 0 bridgehead atoms. The third-order valence-corrected chi connectivity index (χ3v) is 1.81. The number of carbonyl (C=O) groups excluding carboxylic acids is 1. The minimum atomic E-state index is -0.391. The van der Waals surface area contributed by atoms with E-state index in [0.29, 0.717) is 12.4 Å². The minimum Gasteiger partial charge on any atom is -0.496 e. The van der Waals surface area contributed by atoms with Gasteiger partial charge in [0.1, 0.15) is 5.76 Å². The highest BCUT2D eigenvalue weighted by molar-refractivity contribution is 5.89. The van der Waals surface area contributed by atoms with Crippen LogP contribution in [0.5, 0.6) is 0 Å². The molecule has 15 heavy (non-hydrogen) atoms. The molecule has 0 aliphatic rings. The predicted molar refractivity (Wildman–Crippen MR) is 58.1 cm³/mol. The van der Waals surface area contributed by atoms with Crippen LogP contribution in [0.1, 0.15) is 12.5 Å². The fraction of sp³-hybridized carbons (Fsp3) is 0.250. The van der Waals surface area contributed by atoms with E-state index in [1.807, 2.05) is 30.3 Å². The van der Waals surface area contributed by atoms with Crippen molar-refractivity contribution in [2.24, 2.45) is 0 Å². The van der Waals surface area contributed by atoms with Crippen molar-refractivity contribution in [1.29, 1.82) is 0 Å². The molecule has 0 saturated heterocycles. The summed E-state index contributed by atoms with van der Waals surface area (Å²) in [6.45, 7) is 2.13. The molecule has 0 aliphatic heterocycles. The van der Waals surface area contributed by atoms with E-state index in [1.165, 1.54) is 13.2 Å². The third kappa shape index (κ3) is 3.46. The van der Waals surface area contributed by atoms with Crippen molar-refractivity contribution in [1.82, 2.24) is 0 Å². The van der Waals surface area contributed by atoms with Gasteiger partial charge in [-0.1, -0.05) is 30.3 Å². The van der Waals surface area contributed by atoms with Gasteiger partial charge in [0.05, 0.1) is 19.8 Å². The molecule has 0 aliphatic carbocycles. The monoisotopic (exact) mass is 206 g/mol. The molecule has 0 fully saturated rings. The van der Waals surface area contributed by atoms with E-state index in [4.69, 9.17) is 9.47 Å². The molecule has 1 rings (SSSR count). The largest absolute Gasteiger partial charge is 0.496 e. The Kier molecular flexibility index (Phi) is 4.41. The van der Waals surface area contributed by atoms with Gasteiger partial charge in [-0.25, -0.2) is 4.79 Å². The fourth-order valence-electron chi connectivity index (χ4n) is 1.15. The lowest BCUT2D eigenvalue weighted by Gasteiger charge is -2.05. The molecular formula is C12H14O3. The second-order valence-electron chi connectivity index (χ2n) is 2.83. The maximum Gasteiger partial charge on any atom is 0.334 e. The second kappa shape index (κ2) is 5.86. The lowest BCUT2D eigenvalue weighted by molar-refractivity contribution is -0.137. The molecule has 0 radical (unpaired) electrons. The zero-order valence-electron chi connectivity index (χ0n) is 8.90. The maximum absolute atomic E-state index is 11.2. The van der Waals surface area contributed by atoms with Crippen LogP contribution in [0.2, 0.25) is 0 Å². The van der Waals surface area contributed by atoms with Crippen LogP contribution < -0.4 is 0 Å². The molecule has 3 heteroatoms. The van der Waals surface area contributed by atoms with E-state index in [0.717, 1.165) is 5.56 Å². The molecule has 0 N–H and O–H groups in total. The molecule has 0 unspecified atom stereocenters. The number of ether oxygens (including phenoxy) is 2. The van der Waals surface area contributed by atoms with Gasteiger partial charge in [0, 0.05) is 5.56 Å². The molecule has 3 nitrogen and oxygen atoms in total. The van der Waals surface area contributed by atoms with Gasteiger partial charge in [-0.2, -0.15) is 0 Å². The number of esters is 1. The average molecular weight is 206 g/mol. The highest BCUT2D eigenvalue weighted by atomic mass is 16.5. The van der Waals surface area contributed by atoms with Crippen molar-refractivity contribution in [3.05, 3.63) is 42.0 Å². The van der Waals surface area contributed by atoms with Gasteiger partial charge in [0.25, 0.3) is 0 Å². The molecular weight excluding hydrogens is 192 g/mol. The number of hydrogen-bond acceptors (Lipinski definition) is 3. The first-order chi connectivity index (χ1) is 7.27. The first-order valence-electron chi connectivity index (χ1n) is 4.75. The standard InChI is InChI=1S/C12H14O3/c1-3-15-12(13)9-11(14-2)10-7-5-4-6-8-10/h4-9H,3H2,1-2H3/b11-9+. The molecule has 1 aromatic rings. The van der Waals surface area contributed by atoms with Crippen molar-refractivity contribution in [2.75, 3.05) is 13.7 Å². The van der Waals surface area contributed by atoms with Gasteiger partial charge in [0.2, 0.25) is 0 Å². The van der Waals surface area contributed by atoms with Gasteiger partial charge in [-0.3, -0.25) is 0 Å². The zero-order valence-corrected chi connectivity index (χ0v) is 8.90. The summed E-state index contributed by atoms with van der Waals surface area (Å²) >= 11 is 0. The third-order valence-electron chi connectivity index (χ3n) is 1.81. The van der Waals surface area contributed by atoms with Crippen LogP contribution in [-0.2, 0) is 14.3 Å². The van der Waals surface area contributed by atoms with Crippen LogP contribution in [0.3, 0.4) is 0 Å². The number of benzene rings is 1. The predicted octanol–water partition coefficient (Wildman–Crippen LogP) is 2.24. The Labute approximate surface area is 89.3 Å². The Hall–Kier alpha value is -1.77. The van der Waals surface area contributed by atoms with Crippen LogP contribution in [0, 0.1) is 0 Å². The Morgan fingerprint density at radius 2 is 2.00 bits per heavy atom. The molecule has 0 heterocycles. The number of hydrogen-bond donors (Lipinski definition) is 0. The summed E-state index contributed by atoms with van der Waals surface area (Å²) in [6.07, 6.45) is 1.35. The van der Waals surface area contributed by atoms with Gasteiger partial charge >= 0.3 is 5.97 Å². The van der Waals surface area contributed by atoms with Crippen molar-refractivity contribution < 1.29 is 14.3 Å². The van der Waals surface area contributed by atoms with E-state index in [-0.39, 0.29) is 0 Å². The van der Waals surface area contributed by atoms with Gasteiger partial charge in [-0.15, -0.1) is 0 Å². The van der Waals surface area contributed by atoms with Crippen LogP contribution in [-0.4, -0.2) is 19.7 Å². The first kappa shape index (κ1) is 11.3. The maximum atomic E-state index is 11.2. The lowest BCUT2D eigenvalue weighted by atomic mass is 10.2. The minimum absolute atomic E-state index is 0.362. The normalized spacial score (nSPS) is 10.9. The molecule has 0 spiro atoms. The van der Waals surface area contributed by atoms with Gasteiger partial charge in [-0.05, 0) is 6.92 Å². The summed E-state index contributed by atoms with van der Waals surface area (Å²) in [7, 11) is 1.53. The molecule has 1 aromatic carbocycles. The summed E-state index contributed by atoms with van der Waals surface area (Å²) < 4.78 is 9.91. The van der Waals surface area contributed by atoms with Crippen molar-refractivity contribution in [2.45, 2.75) is 6.92 Å². The first-order valence-corrected chi connectivity index (χ1v) is 4.75. The van der Waals surface area contributed by atoms with Gasteiger partial charge in [0.15, 0.2) is 0 Å². The Morgan fingerprint density at radius 3 is 2.53 bits per heavy atom. The Balaban J connectivity index is 2.84. The van der Waals surface area contributed by atoms with Crippen molar-refractivity contribution >= 4 is 11.7 Å². The zero-order chi connectivity index (χ0) is 11.1. The molecule has 0 saturated carbocycles. The van der Waals surface area contributed by atoms with Crippen molar-refractivity contribution in [3.8, 4) is 0 Å². The Morgan fingerprint density at radius 1 is 1.33 bits per heavy atom. The molecule has 0 atom stereocenters. The van der Waals surface area contributed by atoms with Gasteiger partial charge < -0.3 is 9.47 Å². The average Bonchev–Trinajstić information content (AvgIpc) is 2.27. The molecule has 0 amide bonds. The summed E-state index contributed by atoms with van der Waals surface area (Å²) in [5.74, 6) is 0.118. The SMILES string of the molecule is CCOC(=O)/C=C(/OC)c1ccccc1. The van der Waals surface area contributed by atoms with Crippen LogP contribution >= 0.6 is 0 Å². The summed E-state index contributed by atoms with van der Waals surface area (Å²) in [5, 5.41) is 0. The van der Waals surface area contributed by atoms with E-state index in [1.54, 1.807) is 6.92 Å². The second-order valence-corrected chi connectivity index (χ2v) is 2.83. The highest BCUT2D eigenvalue weighted by Crippen LogP contribution is 2.14. The van der Waals surface area contributed by atoms with Crippen molar-refractivity contribution in [3.63, 3.8) is 0 Å². The highest BCUT2D eigenvalue weighted by Gasteiger charge is 2.04. The van der Waals surface area contributed by atoms with E-state index in [2.05, 4.69) is 0 Å². The topological polar surface area (TPSA) is 35.5 Å².